The minimum absolute atomic E-state index is 0.375. The number of benzene rings is 1. The van der Waals surface area contributed by atoms with Gasteiger partial charge in [0.25, 0.3) is 0 Å². The number of hydrogen-bond donors (Lipinski definition) is 1. The molecule has 2 fully saturated rings. The van der Waals surface area contributed by atoms with Crippen molar-refractivity contribution in [1.29, 1.82) is 0 Å². The maximum Gasteiger partial charge on any atom is 0.0239 e. The zero-order valence-corrected chi connectivity index (χ0v) is 13.9. The standard InChI is InChI=1S/C19H30N2/c1-15(13-20-18-9-10-18)17-7-5-16(6-8-17)14-21-12-4-11-19(21,2)3/h5-8,15,18,20H,4,9-14H2,1-3H3. The van der Waals surface area contributed by atoms with Gasteiger partial charge in [0.2, 0.25) is 0 Å². The van der Waals surface area contributed by atoms with E-state index in [9.17, 15) is 0 Å². The highest BCUT2D eigenvalue weighted by atomic mass is 15.2. The third-order valence-corrected chi connectivity index (χ3v) is 5.28. The molecule has 3 rings (SSSR count). The second kappa shape index (κ2) is 6.10. The van der Waals surface area contributed by atoms with Crippen molar-refractivity contribution in [2.45, 2.75) is 70.5 Å². The van der Waals surface area contributed by atoms with Crippen molar-refractivity contribution in [3.8, 4) is 0 Å². The third-order valence-electron chi connectivity index (χ3n) is 5.28. The molecule has 1 atom stereocenters. The highest BCUT2D eigenvalue weighted by molar-refractivity contribution is 5.25. The highest BCUT2D eigenvalue weighted by Crippen LogP contribution is 2.30. The van der Waals surface area contributed by atoms with Crippen molar-refractivity contribution >= 4 is 0 Å². The lowest BCUT2D eigenvalue weighted by molar-refractivity contribution is 0.166. The predicted octanol–water partition coefficient (Wildman–Crippen LogP) is 3.92. The zero-order chi connectivity index (χ0) is 14.9. The molecule has 2 nitrogen and oxygen atoms in total. The molecule has 1 N–H and O–H groups in total. The summed E-state index contributed by atoms with van der Waals surface area (Å²) in [5.74, 6) is 0.614. The van der Waals surface area contributed by atoms with Gasteiger partial charge in [0.1, 0.15) is 0 Å². The molecule has 2 aliphatic rings. The summed E-state index contributed by atoms with van der Waals surface area (Å²) in [4.78, 5) is 2.63. The molecule has 1 aliphatic heterocycles. The lowest BCUT2D eigenvalue weighted by Gasteiger charge is -2.31. The maximum absolute atomic E-state index is 3.63. The zero-order valence-electron chi connectivity index (χ0n) is 13.9. The van der Waals surface area contributed by atoms with Crippen LogP contribution >= 0.6 is 0 Å². The van der Waals surface area contributed by atoms with Crippen LogP contribution in [0, 0.1) is 0 Å². The van der Waals surface area contributed by atoms with Crippen LogP contribution in [0.15, 0.2) is 24.3 Å². The molecule has 1 saturated heterocycles. The molecule has 0 spiro atoms. The average Bonchev–Trinajstić information content (AvgIpc) is 3.23. The number of nitrogens with one attached hydrogen (secondary N) is 1. The molecule has 0 amide bonds. The van der Waals surface area contributed by atoms with Crippen LogP contribution in [0.1, 0.15) is 63.5 Å². The van der Waals surface area contributed by atoms with Crippen LogP contribution in [0.25, 0.3) is 0 Å². The van der Waals surface area contributed by atoms with Crippen LogP contribution in [-0.4, -0.2) is 29.6 Å². The molecule has 1 aliphatic carbocycles. The van der Waals surface area contributed by atoms with E-state index in [-0.39, 0.29) is 0 Å². The van der Waals surface area contributed by atoms with Crippen LogP contribution in [0.4, 0.5) is 0 Å². The van der Waals surface area contributed by atoms with Crippen molar-refractivity contribution in [2.24, 2.45) is 0 Å². The number of rotatable bonds is 6. The lowest BCUT2D eigenvalue weighted by Crippen LogP contribution is -2.37. The predicted molar refractivity (Wildman–Crippen MR) is 89.6 cm³/mol. The van der Waals surface area contributed by atoms with E-state index in [0.717, 1.165) is 19.1 Å². The molecule has 0 bridgehead atoms. The molecule has 1 aromatic carbocycles. The summed E-state index contributed by atoms with van der Waals surface area (Å²) in [6.07, 6.45) is 5.42. The van der Waals surface area contributed by atoms with Gasteiger partial charge in [0, 0.05) is 24.7 Å². The summed E-state index contributed by atoms with van der Waals surface area (Å²) in [7, 11) is 0. The van der Waals surface area contributed by atoms with E-state index in [2.05, 4.69) is 55.3 Å². The first-order chi connectivity index (χ1) is 10.0. The fraction of sp³-hybridized carbons (Fsp3) is 0.684. The van der Waals surface area contributed by atoms with Gasteiger partial charge in [0.15, 0.2) is 0 Å². The highest BCUT2D eigenvalue weighted by Gasteiger charge is 2.31. The molecular weight excluding hydrogens is 256 g/mol. The normalized spacial score (nSPS) is 23.4. The van der Waals surface area contributed by atoms with Crippen LogP contribution in [0.5, 0.6) is 0 Å². The third kappa shape index (κ3) is 3.87. The summed E-state index contributed by atoms with van der Waals surface area (Å²) < 4.78 is 0. The van der Waals surface area contributed by atoms with Gasteiger partial charge in [-0.2, -0.15) is 0 Å². The fourth-order valence-corrected chi connectivity index (χ4v) is 3.38. The number of hydrogen-bond acceptors (Lipinski definition) is 2. The van der Waals surface area contributed by atoms with Gasteiger partial charge >= 0.3 is 0 Å². The molecule has 1 aromatic rings. The Labute approximate surface area is 129 Å². The maximum atomic E-state index is 3.63. The summed E-state index contributed by atoms with van der Waals surface area (Å²) in [5, 5.41) is 3.63. The van der Waals surface area contributed by atoms with Gasteiger partial charge in [0.05, 0.1) is 0 Å². The van der Waals surface area contributed by atoms with Gasteiger partial charge in [-0.05, 0) is 63.1 Å². The molecule has 116 valence electrons. The molecule has 2 heteroatoms. The van der Waals surface area contributed by atoms with Crippen LogP contribution in [0.3, 0.4) is 0 Å². The molecule has 1 unspecified atom stereocenters. The van der Waals surface area contributed by atoms with Gasteiger partial charge in [-0.3, -0.25) is 4.90 Å². The SMILES string of the molecule is CC(CNC1CC1)c1ccc(CN2CCCC2(C)C)cc1. The number of nitrogens with zero attached hydrogens (tertiary/aromatic N) is 1. The second-order valence-corrected chi connectivity index (χ2v) is 7.66. The van der Waals surface area contributed by atoms with Gasteiger partial charge in [-0.1, -0.05) is 31.2 Å². The Bertz CT molecular complexity index is 459. The van der Waals surface area contributed by atoms with Crippen LogP contribution in [-0.2, 0) is 6.54 Å². The largest absolute Gasteiger partial charge is 0.313 e. The molecule has 1 saturated carbocycles. The average molecular weight is 286 g/mol. The minimum atomic E-state index is 0.375. The minimum Gasteiger partial charge on any atom is -0.313 e. The Hall–Kier alpha value is -0.860. The van der Waals surface area contributed by atoms with Gasteiger partial charge in [-0.25, -0.2) is 0 Å². The quantitative estimate of drug-likeness (QED) is 0.853. The van der Waals surface area contributed by atoms with E-state index in [1.807, 2.05) is 0 Å². The Kier molecular flexibility index (Phi) is 4.37. The Morgan fingerprint density at radius 3 is 2.52 bits per heavy atom. The smallest absolute Gasteiger partial charge is 0.0239 e. The van der Waals surface area contributed by atoms with E-state index in [4.69, 9.17) is 0 Å². The van der Waals surface area contributed by atoms with Crippen molar-refractivity contribution in [2.75, 3.05) is 13.1 Å². The first kappa shape index (κ1) is 15.1. The molecule has 21 heavy (non-hydrogen) atoms. The molecular formula is C19H30N2. The first-order valence-electron chi connectivity index (χ1n) is 8.62. The summed E-state index contributed by atoms with van der Waals surface area (Å²) in [5.41, 5.74) is 3.30. The van der Waals surface area contributed by atoms with E-state index >= 15 is 0 Å². The fourth-order valence-electron chi connectivity index (χ4n) is 3.38. The Morgan fingerprint density at radius 2 is 1.95 bits per heavy atom. The topological polar surface area (TPSA) is 15.3 Å². The van der Waals surface area contributed by atoms with E-state index < -0.39 is 0 Å². The van der Waals surface area contributed by atoms with E-state index in [0.29, 0.717) is 11.5 Å². The molecule has 1 heterocycles. The van der Waals surface area contributed by atoms with Crippen LogP contribution in [0.2, 0.25) is 0 Å². The Balaban J connectivity index is 1.55. The summed E-state index contributed by atoms with van der Waals surface area (Å²) in [6, 6.07) is 10.1. The monoisotopic (exact) mass is 286 g/mol. The van der Waals surface area contributed by atoms with Gasteiger partial charge < -0.3 is 5.32 Å². The summed E-state index contributed by atoms with van der Waals surface area (Å²) >= 11 is 0. The molecule has 0 aromatic heterocycles. The van der Waals surface area contributed by atoms with E-state index in [1.54, 1.807) is 0 Å². The first-order valence-corrected chi connectivity index (χ1v) is 8.62. The van der Waals surface area contributed by atoms with Gasteiger partial charge in [-0.15, -0.1) is 0 Å². The van der Waals surface area contributed by atoms with E-state index in [1.165, 1.54) is 43.4 Å². The van der Waals surface area contributed by atoms with Crippen LogP contribution < -0.4 is 5.32 Å². The number of likely N-dealkylation sites (tertiary alicyclic amines) is 1. The van der Waals surface area contributed by atoms with Crippen molar-refractivity contribution < 1.29 is 0 Å². The van der Waals surface area contributed by atoms with Crippen molar-refractivity contribution in [1.82, 2.24) is 10.2 Å². The van der Waals surface area contributed by atoms with Crippen molar-refractivity contribution in [3.63, 3.8) is 0 Å². The Morgan fingerprint density at radius 1 is 1.24 bits per heavy atom. The summed E-state index contributed by atoms with van der Waals surface area (Å²) in [6.45, 7) is 10.5. The molecule has 0 radical (unpaired) electrons. The second-order valence-electron chi connectivity index (χ2n) is 7.66. The van der Waals surface area contributed by atoms with Crippen molar-refractivity contribution in [3.05, 3.63) is 35.4 Å². The lowest BCUT2D eigenvalue weighted by atomic mass is 9.98.